The summed E-state index contributed by atoms with van der Waals surface area (Å²) < 4.78 is 111. The molecule has 0 aliphatic heterocycles. The molecule has 0 unspecified atom stereocenters. The zero-order valence-corrected chi connectivity index (χ0v) is 18.5. The Morgan fingerprint density at radius 1 is 0.536 bits per heavy atom. The summed E-state index contributed by atoms with van der Waals surface area (Å²) in [6.07, 6.45) is -13.0. The van der Waals surface area contributed by atoms with E-state index < -0.39 is 51.5 Å². The molecule has 0 rings (SSSR count). The molecule has 3 nitrogen and oxygen atoms in total. The molecule has 28 heavy (non-hydrogen) atoms. The molecule has 0 saturated heterocycles. The van der Waals surface area contributed by atoms with E-state index in [4.69, 9.17) is 0 Å². The van der Waals surface area contributed by atoms with Crippen molar-refractivity contribution < 1.29 is 70.5 Å². The number of ether oxygens (including phenoxy) is 3. The van der Waals surface area contributed by atoms with Gasteiger partial charge in [0.15, 0.2) is 19.8 Å². The van der Waals surface area contributed by atoms with Gasteiger partial charge in [0, 0.05) is 13.1 Å². The van der Waals surface area contributed by atoms with Gasteiger partial charge in [-0.1, -0.05) is 0 Å². The molecule has 0 heterocycles. The fourth-order valence-electron chi connectivity index (χ4n) is 0.422. The number of hydrogen-bond donors (Lipinski definition) is 0. The van der Waals surface area contributed by atoms with Crippen molar-refractivity contribution in [1.82, 2.24) is 0 Å². The average Bonchev–Trinajstić information content (AvgIpc) is 2.40. The topological polar surface area (TPSA) is 27.7 Å². The molecule has 0 aromatic carbocycles. The van der Waals surface area contributed by atoms with Crippen LogP contribution < -0.4 is 0 Å². The fourth-order valence-corrected chi connectivity index (χ4v) is 0.776. The van der Waals surface area contributed by atoms with Crippen LogP contribution in [0.5, 0.6) is 0 Å². The maximum atomic E-state index is 11.2. The first-order valence-electron chi connectivity index (χ1n) is 5.46. The minimum Gasteiger partial charge on any atom is -0.504 e. The SMILES string of the molecule is FC(F)(F)COC(=S)[S-].FC(F)(F)COC(=S)[S-].FC(F)(F)COC(=S)[S-].[Co+3]. The Bertz CT molecular complexity index is 403. The normalized spacial score (nSPS) is 10.6. The van der Waals surface area contributed by atoms with Crippen LogP contribution in [0.3, 0.4) is 0 Å². The van der Waals surface area contributed by atoms with Gasteiger partial charge in [-0.15, -0.1) is 0 Å². The summed E-state index contributed by atoms with van der Waals surface area (Å²) in [5.41, 5.74) is 0. The van der Waals surface area contributed by atoms with E-state index in [1.807, 2.05) is 0 Å². The molecule has 0 bridgehead atoms. The van der Waals surface area contributed by atoms with E-state index in [1.165, 1.54) is 0 Å². The van der Waals surface area contributed by atoms with Crippen molar-refractivity contribution in [2.45, 2.75) is 18.5 Å². The zero-order chi connectivity index (χ0) is 22.5. The summed E-state index contributed by atoms with van der Waals surface area (Å²) in [6.45, 7) is -4.18. The molecular formula is C9H6CoF9O3S6. The quantitative estimate of drug-likeness (QED) is 0.275. The maximum absolute atomic E-state index is 11.2. The summed E-state index contributed by atoms with van der Waals surface area (Å²) in [5, 5.41) is 0. The number of rotatable bonds is 3. The monoisotopic (exact) mass is 584 g/mol. The van der Waals surface area contributed by atoms with E-state index in [1.54, 1.807) is 0 Å². The molecule has 0 N–H and O–H groups in total. The van der Waals surface area contributed by atoms with E-state index in [0.29, 0.717) is 0 Å². The molecule has 19 heteroatoms. The minimum atomic E-state index is -4.34. The van der Waals surface area contributed by atoms with Crippen molar-refractivity contribution in [3.05, 3.63) is 0 Å². The minimum absolute atomic E-state index is 0. The van der Waals surface area contributed by atoms with Crippen molar-refractivity contribution in [3.8, 4) is 0 Å². The molecule has 0 aliphatic rings. The third-order valence-electron chi connectivity index (χ3n) is 1.06. The molecule has 0 fully saturated rings. The average molecular weight is 584 g/mol. The number of halogens is 9. The van der Waals surface area contributed by atoms with E-state index in [9.17, 15) is 39.5 Å². The summed E-state index contributed by atoms with van der Waals surface area (Å²) >= 11 is 24.3. The van der Waals surface area contributed by atoms with Crippen LogP contribution in [0.25, 0.3) is 0 Å². The Hall–Kier alpha value is 0.206. The number of thiocarbonyl (C=S) groups is 3. The van der Waals surface area contributed by atoms with Gasteiger partial charge < -0.3 is 88.8 Å². The van der Waals surface area contributed by atoms with Crippen LogP contribution in [0.2, 0.25) is 0 Å². The van der Waals surface area contributed by atoms with Crippen molar-refractivity contribution in [3.63, 3.8) is 0 Å². The Morgan fingerprint density at radius 3 is 0.714 bits per heavy atom. The zero-order valence-electron chi connectivity index (χ0n) is 12.5. The first-order valence-corrected chi connectivity index (χ1v) is 7.91. The van der Waals surface area contributed by atoms with Gasteiger partial charge in [0.05, 0.1) is 0 Å². The van der Waals surface area contributed by atoms with E-state index in [2.05, 4.69) is 88.8 Å². The van der Waals surface area contributed by atoms with Gasteiger partial charge in [-0.3, -0.25) is 0 Å². The van der Waals surface area contributed by atoms with Crippen LogP contribution in [0.15, 0.2) is 0 Å². The first kappa shape index (κ1) is 35.6. The summed E-state index contributed by atoms with van der Waals surface area (Å²) in [6, 6.07) is 0. The third kappa shape index (κ3) is 50.2. The molecule has 0 aliphatic carbocycles. The smallest absolute Gasteiger partial charge is 0.504 e. The van der Waals surface area contributed by atoms with Crippen molar-refractivity contribution in [1.29, 1.82) is 0 Å². The predicted octanol–water partition coefficient (Wildman–Crippen LogP) is 4.19. The Balaban J connectivity index is -0.000000152. The first-order chi connectivity index (χ1) is 11.7. The van der Waals surface area contributed by atoms with Crippen LogP contribution in [-0.4, -0.2) is 51.5 Å². The number of alkyl halides is 9. The molecule has 0 radical (unpaired) electrons. The van der Waals surface area contributed by atoms with Gasteiger partial charge in [0.25, 0.3) is 0 Å². The largest absolute Gasteiger partial charge is 3.00 e. The van der Waals surface area contributed by atoms with E-state index >= 15 is 0 Å². The van der Waals surface area contributed by atoms with Crippen LogP contribution in [-0.2, 0) is 68.9 Å². The van der Waals surface area contributed by atoms with Gasteiger partial charge in [-0.05, 0) is 0 Å². The number of hydrogen-bond acceptors (Lipinski definition) is 9. The van der Waals surface area contributed by atoms with Gasteiger partial charge in [-0.2, -0.15) is 39.5 Å². The molecule has 0 amide bonds. The third-order valence-corrected chi connectivity index (χ3v) is 1.77. The molecule has 0 aromatic heterocycles. The van der Waals surface area contributed by atoms with Crippen LogP contribution >= 0.6 is 36.7 Å². The second-order valence-electron chi connectivity index (χ2n) is 3.46. The summed E-state index contributed by atoms with van der Waals surface area (Å²) in [5.74, 6) is 0. The molecule has 0 atom stereocenters. The standard InChI is InChI=1S/3C3H3F3OS2.Co/c3*4-3(5,6)1-7-2(8)9;/h3*1H2,(H,8,9);/q;;;+3/p-3. The van der Waals surface area contributed by atoms with Crippen LogP contribution in [0, 0.1) is 0 Å². The van der Waals surface area contributed by atoms with E-state index in [-0.39, 0.29) is 16.8 Å². The van der Waals surface area contributed by atoms with Crippen LogP contribution in [0.4, 0.5) is 39.5 Å². The Kier molecular flexibility index (Phi) is 21.6. The summed E-state index contributed by atoms with van der Waals surface area (Å²) in [4.78, 5) is 0. The Labute approximate surface area is 195 Å². The maximum Gasteiger partial charge on any atom is 3.00 e. The van der Waals surface area contributed by atoms with Gasteiger partial charge in [0.1, 0.15) is 0 Å². The molecule has 168 valence electrons. The second-order valence-corrected chi connectivity index (χ2v) is 6.46. The molecule has 0 aromatic rings. The van der Waals surface area contributed by atoms with Crippen molar-refractivity contribution in [2.24, 2.45) is 0 Å². The van der Waals surface area contributed by atoms with Crippen LogP contribution in [0.1, 0.15) is 0 Å². The molecule has 0 saturated carbocycles. The predicted molar refractivity (Wildman–Crippen MR) is 95.9 cm³/mol. The molecule has 0 spiro atoms. The van der Waals surface area contributed by atoms with E-state index in [0.717, 1.165) is 0 Å². The van der Waals surface area contributed by atoms with Gasteiger partial charge >= 0.3 is 35.3 Å². The van der Waals surface area contributed by atoms with Gasteiger partial charge in [-0.25, -0.2) is 0 Å². The van der Waals surface area contributed by atoms with Crippen molar-refractivity contribution >= 4 is 87.7 Å². The second kappa shape index (κ2) is 16.9. The van der Waals surface area contributed by atoms with Gasteiger partial charge in [0.2, 0.25) is 0 Å². The molecular weight excluding hydrogens is 578 g/mol. The fraction of sp³-hybridized carbons (Fsp3) is 0.667. The summed E-state index contributed by atoms with van der Waals surface area (Å²) in [7, 11) is 0. The van der Waals surface area contributed by atoms with Crippen molar-refractivity contribution in [2.75, 3.05) is 19.8 Å². The Morgan fingerprint density at radius 2 is 0.679 bits per heavy atom.